The molecule has 0 aliphatic rings. The zero-order valence-corrected chi connectivity index (χ0v) is 13.5. The van der Waals surface area contributed by atoms with E-state index >= 15 is 0 Å². The smallest absolute Gasteiger partial charge is 0.120 e. The van der Waals surface area contributed by atoms with E-state index in [-0.39, 0.29) is 0 Å². The molecule has 0 bridgehead atoms. The van der Waals surface area contributed by atoms with E-state index in [0.29, 0.717) is 0 Å². The molecule has 0 saturated carbocycles. The molecule has 0 atom stereocenters. The highest BCUT2D eigenvalue weighted by Gasteiger charge is 2.10. The summed E-state index contributed by atoms with van der Waals surface area (Å²) in [5, 5.41) is 5.45. The molecular formula is C21H15ClO. The highest BCUT2D eigenvalue weighted by Crippen LogP contribution is 2.37. The fourth-order valence-electron chi connectivity index (χ4n) is 3.11. The van der Waals surface area contributed by atoms with Crippen molar-refractivity contribution in [3.8, 4) is 16.9 Å². The second kappa shape index (κ2) is 5.60. The number of hydrogen-bond acceptors (Lipinski definition) is 1. The normalized spacial score (nSPS) is 11.0. The highest BCUT2D eigenvalue weighted by atomic mass is 35.5. The number of methoxy groups -OCH3 is 1. The molecule has 0 N–H and O–H groups in total. The summed E-state index contributed by atoms with van der Waals surface area (Å²) < 4.78 is 5.49. The maximum Gasteiger partial charge on any atom is 0.120 e. The van der Waals surface area contributed by atoms with E-state index < -0.39 is 0 Å². The average molecular weight is 319 g/mol. The van der Waals surface area contributed by atoms with Gasteiger partial charge in [0, 0.05) is 5.02 Å². The molecule has 1 nitrogen and oxygen atoms in total. The predicted molar refractivity (Wildman–Crippen MR) is 98.5 cm³/mol. The lowest BCUT2D eigenvalue weighted by Gasteiger charge is -2.13. The number of halogens is 1. The van der Waals surface area contributed by atoms with Crippen LogP contribution in [-0.2, 0) is 0 Å². The Morgan fingerprint density at radius 1 is 0.696 bits per heavy atom. The molecule has 0 spiro atoms. The van der Waals surface area contributed by atoms with Crippen LogP contribution >= 0.6 is 11.6 Å². The van der Waals surface area contributed by atoms with E-state index in [1.165, 1.54) is 21.7 Å². The molecule has 4 aromatic rings. The van der Waals surface area contributed by atoms with Gasteiger partial charge in [0.05, 0.1) is 7.11 Å². The maximum atomic E-state index is 6.17. The van der Waals surface area contributed by atoms with Crippen LogP contribution in [0.25, 0.3) is 32.7 Å². The molecule has 0 aliphatic heterocycles. The second-order valence-corrected chi connectivity index (χ2v) is 6.00. The first-order valence-electron chi connectivity index (χ1n) is 7.52. The third-order valence-corrected chi connectivity index (χ3v) is 4.44. The Labute approximate surface area is 140 Å². The standard InChI is InChI=1S/C21H15ClO/c1-23-17-12-15-11-16(22)9-10-19(15)21(13-17)20-8-4-6-14-5-2-3-7-18(14)20/h2-13H,1H3. The quantitative estimate of drug-likeness (QED) is 0.420. The number of ether oxygens (including phenoxy) is 1. The van der Waals surface area contributed by atoms with Gasteiger partial charge < -0.3 is 4.74 Å². The molecule has 23 heavy (non-hydrogen) atoms. The van der Waals surface area contributed by atoms with Crippen LogP contribution in [0.1, 0.15) is 0 Å². The van der Waals surface area contributed by atoms with E-state index in [1.807, 2.05) is 18.2 Å². The van der Waals surface area contributed by atoms with Crippen molar-refractivity contribution in [3.63, 3.8) is 0 Å². The third-order valence-electron chi connectivity index (χ3n) is 4.20. The van der Waals surface area contributed by atoms with Crippen LogP contribution in [-0.4, -0.2) is 7.11 Å². The van der Waals surface area contributed by atoms with Gasteiger partial charge in [0.15, 0.2) is 0 Å². The molecule has 0 unspecified atom stereocenters. The molecule has 0 heterocycles. The third kappa shape index (κ3) is 2.43. The zero-order valence-electron chi connectivity index (χ0n) is 12.7. The lowest BCUT2D eigenvalue weighted by atomic mass is 9.94. The van der Waals surface area contributed by atoms with Gasteiger partial charge in [0.25, 0.3) is 0 Å². The molecule has 0 aliphatic carbocycles. The number of rotatable bonds is 2. The van der Waals surface area contributed by atoms with E-state index in [1.54, 1.807) is 7.11 Å². The van der Waals surface area contributed by atoms with Gasteiger partial charge in [-0.1, -0.05) is 60.1 Å². The molecule has 0 aromatic heterocycles. The van der Waals surface area contributed by atoms with Gasteiger partial charge in [-0.05, 0) is 56.9 Å². The molecule has 112 valence electrons. The van der Waals surface area contributed by atoms with Crippen molar-refractivity contribution >= 4 is 33.1 Å². The van der Waals surface area contributed by atoms with Crippen LogP contribution in [0.2, 0.25) is 5.02 Å². The molecule has 0 fully saturated rings. The van der Waals surface area contributed by atoms with Crippen molar-refractivity contribution < 1.29 is 4.74 Å². The fraction of sp³-hybridized carbons (Fsp3) is 0.0476. The minimum Gasteiger partial charge on any atom is -0.497 e. The largest absolute Gasteiger partial charge is 0.497 e. The van der Waals surface area contributed by atoms with Crippen molar-refractivity contribution in [2.45, 2.75) is 0 Å². The first-order valence-corrected chi connectivity index (χ1v) is 7.89. The van der Waals surface area contributed by atoms with Crippen LogP contribution in [0, 0.1) is 0 Å². The SMILES string of the molecule is COc1cc(-c2cccc3ccccc23)c2ccc(Cl)cc2c1. The van der Waals surface area contributed by atoms with Gasteiger partial charge in [-0.2, -0.15) is 0 Å². The Hall–Kier alpha value is -2.51. The number of fused-ring (bicyclic) bond motifs is 2. The maximum absolute atomic E-state index is 6.17. The van der Waals surface area contributed by atoms with Crippen LogP contribution in [0.15, 0.2) is 72.8 Å². The van der Waals surface area contributed by atoms with E-state index in [4.69, 9.17) is 16.3 Å². The number of benzene rings is 4. The van der Waals surface area contributed by atoms with Gasteiger partial charge in [0.2, 0.25) is 0 Å². The topological polar surface area (TPSA) is 9.23 Å². The first-order chi connectivity index (χ1) is 11.3. The van der Waals surface area contributed by atoms with Gasteiger partial charge in [-0.25, -0.2) is 0 Å². The van der Waals surface area contributed by atoms with Gasteiger partial charge in [-0.3, -0.25) is 0 Å². The van der Waals surface area contributed by atoms with Crippen molar-refractivity contribution in [1.82, 2.24) is 0 Å². The van der Waals surface area contributed by atoms with Crippen LogP contribution in [0.3, 0.4) is 0 Å². The Balaban J connectivity index is 2.11. The van der Waals surface area contributed by atoms with Crippen molar-refractivity contribution in [1.29, 1.82) is 0 Å². The summed E-state index contributed by atoms with van der Waals surface area (Å²) in [6.07, 6.45) is 0. The predicted octanol–water partition coefficient (Wildman–Crippen LogP) is 6.32. The minimum atomic E-state index is 0.731. The molecule has 0 radical (unpaired) electrons. The van der Waals surface area contributed by atoms with E-state index in [9.17, 15) is 0 Å². The molecule has 2 heteroatoms. The van der Waals surface area contributed by atoms with E-state index in [0.717, 1.165) is 21.7 Å². The van der Waals surface area contributed by atoms with Crippen molar-refractivity contribution in [2.75, 3.05) is 7.11 Å². The summed E-state index contributed by atoms with van der Waals surface area (Å²) in [7, 11) is 1.69. The van der Waals surface area contributed by atoms with Crippen LogP contribution in [0.4, 0.5) is 0 Å². The van der Waals surface area contributed by atoms with Crippen LogP contribution < -0.4 is 4.74 Å². The van der Waals surface area contributed by atoms with Crippen molar-refractivity contribution in [2.24, 2.45) is 0 Å². The summed E-state index contributed by atoms with van der Waals surface area (Å²) in [6.45, 7) is 0. The Morgan fingerprint density at radius 3 is 2.35 bits per heavy atom. The molecule has 4 rings (SSSR count). The molecule has 4 aromatic carbocycles. The Kier molecular flexibility index (Phi) is 3.44. The second-order valence-electron chi connectivity index (χ2n) is 5.57. The molecular weight excluding hydrogens is 304 g/mol. The van der Waals surface area contributed by atoms with Gasteiger partial charge >= 0.3 is 0 Å². The first kappa shape index (κ1) is 14.1. The molecule has 0 amide bonds. The average Bonchev–Trinajstić information content (AvgIpc) is 2.60. The van der Waals surface area contributed by atoms with Crippen LogP contribution in [0.5, 0.6) is 5.75 Å². The monoisotopic (exact) mass is 318 g/mol. The van der Waals surface area contributed by atoms with Crippen molar-refractivity contribution in [3.05, 3.63) is 77.8 Å². The summed E-state index contributed by atoms with van der Waals surface area (Å²) in [5.74, 6) is 0.836. The Morgan fingerprint density at radius 2 is 1.48 bits per heavy atom. The Bertz CT molecular complexity index is 1020. The lowest BCUT2D eigenvalue weighted by molar-refractivity contribution is 0.415. The zero-order chi connectivity index (χ0) is 15.8. The summed E-state index contributed by atoms with van der Waals surface area (Å²) in [6, 6.07) is 24.9. The van der Waals surface area contributed by atoms with Gasteiger partial charge in [0.1, 0.15) is 5.75 Å². The van der Waals surface area contributed by atoms with E-state index in [2.05, 4.69) is 54.6 Å². The summed E-state index contributed by atoms with van der Waals surface area (Å²) in [4.78, 5) is 0. The molecule has 0 saturated heterocycles. The van der Waals surface area contributed by atoms with Gasteiger partial charge in [-0.15, -0.1) is 0 Å². The lowest BCUT2D eigenvalue weighted by Crippen LogP contribution is -1.88. The summed E-state index contributed by atoms with van der Waals surface area (Å²) in [5.41, 5.74) is 2.36. The summed E-state index contributed by atoms with van der Waals surface area (Å²) >= 11 is 6.17. The highest BCUT2D eigenvalue weighted by molar-refractivity contribution is 6.31. The number of hydrogen-bond donors (Lipinski definition) is 0. The minimum absolute atomic E-state index is 0.731. The fourth-order valence-corrected chi connectivity index (χ4v) is 3.29.